The average Bonchev–Trinajstić information content (AvgIpc) is 3.72. The van der Waals surface area contributed by atoms with Crippen LogP contribution in [-0.2, 0) is 24.1 Å². The maximum atomic E-state index is 12.6. The monoisotopic (exact) mass is 622 g/mol. The van der Waals surface area contributed by atoms with Crippen molar-refractivity contribution < 1.29 is 24.5 Å². The van der Waals surface area contributed by atoms with Crippen LogP contribution in [0.15, 0.2) is 60.8 Å². The number of aliphatic hydroxyl groups is 1. The lowest BCUT2D eigenvalue weighted by Gasteiger charge is -2.34. The lowest BCUT2D eigenvalue weighted by molar-refractivity contribution is -0.137. The SMILES string of the molecule is CCc1cc(OC2CCc3cccc(-c4cccc(-n5ncc(C(=O)O)c5CC)n4)c32)ccc1C1CCN(C(=O)C(C)CO)CC1. The molecule has 6 rings (SSSR count). The topological polar surface area (TPSA) is 118 Å². The highest BCUT2D eigenvalue weighted by Gasteiger charge is 2.30. The second kappa shape index (κ2) is 13.5. The number of aromatic nitrogens is 3. The molecule has 0 spiro atoms. The fourth-order valence-corrected chi connectivity index (χ4v) is 7.09. The molecule has 2 N–H and O–H groups in total. The number of carboxylic acids is 1. The van der Waals surface area contributed by atoms with Crippen molar-refractivity contribution >= 4 is 11.9 Å². The highest BCUT2D eigenvalue weighted by Crippen LogP contribution is 2.42. The first kappa shape index (κ1) is 31.5. The van der Waals surface area contributed by atoms with Gasteiger partial charge in [0.1, 0.15) is 17.4 Å². The number of fused-ring (bicyclic) bond motifs is 1. The first-order valence-corrected chi connectivity index (χ1v) is 16.4. The van der Waals surface area contributed by atoms with E-state index in [0.29, 0.717) is 36.9 Å². The van der Waals surface area contributed by atoms with Crippen LogP contribution in [0.5, 0.6) is 5.75 Å². The Hall–Kier alpha value is -4.50. The third kappa shape index (κ3) is 6.03. The van der Waals surface area contributed by atoms with Crippen LogP contribution < -0.4 is 4.74 Å². The van der Waals surface area contributed by atoms with Gasteiger partial charge < -0.3 is 19.8 Å². The van der Waals surface area contributed by atoms with Crippen LogP contribution >= 0.6 is 0 Å². The van der Waals surface area contributed by atoms with Crippen molar-refractivity contribution in [1.29, 1.82) is 0 Å². The van der Waals surface area contributed by atoms with Crippen LogP contribution in [0.1, 0.15) is 90.4 Å². The minimum atomic E-state index is -0.995. The smallest absolute Gasteiger partial charge is 0.339 e. The Bertz CT molecular complexity index is 1740. The van der Waals surface area contributed by atoms with Gasteiger partial charge in [-0.05, 0) is 85.4 Å². The Labute approximate surface area is 269 Å². The highest BCUT2D eigenvalue weighted by molar-refractivity contribution is 5.88. The van der Waals surface area contributed by atoms with Gasteiger partial charge in [-0.2, -0.15) is 5.10 Å². The molecule has 0 radical (unpaired) electrons. The molecule has 4 aromatic rings. The third-order valence-corrected chi connectivity index (χ3v) is 9.57. The van der Waals surface area contributed by atoms with Gasteiger partial charge in [0, 0.05) is 24.2 Å². The number of aromatic carboxylic acids is 1. The van der Waals surface area contributed by atoms with Crippen LogP contribution in [-0.4, -0.2) is 61.5 Å². The third-order valence-electron chi connectivity index (χ3n) is 9.57. The van der Waals surface area contributed by atoms with Gasteiger partial charge in [-0.25, -0.2) is 14.5 Å². The van der Waals surface area contributed by atoms with E-state index in [4.69, 9.17) is 9.72 Å². The summed E-state index contributed by atoms with van der Waals surface area (Å²) < 4.78 is 8.35. The van der Waals surface area contributed by atoms with E-state index in [1.165, 1.54) is 22.9 Å². The van der Waals surface area contributed by atoms with Gasteiger partial charge in [-0.3, -0.25) is 4.79 Å². The molecule has 2 aliphatic rings. The van der Waals surface area contributed by atoms with E-state index in [1.807, 2.05) is 30.0 Å². The molecule has 1 fully saturated rings. The zero-order valence-corrected chi connectivity index (χ0v) is 26.8. The summed E-state index contributed by atoms with van der Waals surface area (Å²) in [5.41, 5.74) is 7.61. The Balaban J connectivity index is 1.23. The van der Waals surface area contributed by atoms with Crippen LogP contribution in [0.2, 0.25) is 0 Å². The lowest BCUT2D eigenvalue weighted by atomic mass is 9.85. The molecule has 2 aromatic carbocycles. The molecule has 9 nitrogen and oxygen atoms in total. The number of benzene rings is 2. The molecule has 240 valence electrons. The van der Waals surface area contributed by atoms with Crippen LogP contribution in [0, 0.1) is 5.92 Å². The number of carbonyl (C=O) groups is 2. The molecule has 0 bridgehead atoms. The average molecular weight is 623 g/mol. The van der Waals surface area contributed by atoms with Gasteiger partial charge in [0.25, 0.3) is 0 Å². The molecule has 1 aliphatic heterocycles. The molecular formula is C37H42N4O5. The quantitative estimate of drug-likeness (QED) is 0.218. The summed E-state index contributed by atoms with van der Waals surface area (Å²) in [6.07, 6.45) is 6.30. The van der Waals surface area contributed by atoms with E-state index in [0.717, 1.165) is 54.7 Å². The summed E-state index contributed by atoms with van der Waals surface area (Å²) in [6.45, 7) is 7.19. The van der Waals surface area contributed by atoms with Gasteiger partial charge in [-0.15, -0.1) is 0 Å². The first-order valence-electron chi connectivity index (χ1n) is 16.4. The number of hydrogen-bond donors (Lipinski definition) is 2. The summed E-state index contributed by atoms with van der Waals surface area (Å²) >= 11 is 0. The summed E-state index contributed by atoms with van der Waals surface area (Å²) in [5.74, 6) is 0.519. The number of rotatable bonds is 10. The number of aryl methyl sites for hydroxylation is 2. The normalized spacial score (nSPS) is 17.1. The number of pyridine rings is 1. The van der Waals surface area contributed by atoms with Crippen molar-refractivity contribution in [1.82, 2.24) is 19.7 Å². The number of carboxylic acid groups (broad SMARTS) is 1. The minimum absolute atomic E-state index is 0.0398. The van der Waals surface area contributed by atoms with Gasteiger partial charge in [-0.1, -0.05) is 51.1 Å². The van der Waals surface area contributed by atoms with Crippen LogP contribution in [0.25, 0.3) is 17.1 Å². The highest BCUT2D eigenvalue weighted by atomic mass is 16.5. The number of nitrogens with zero attached hydrogens (tertiary/aromatic N) is 4. The molecular weight excluding hydrogens is 580 g/mol. The second-order valence-electron chi connectivity index (χ2n) is 12.4. The summed E-state index contributed by atoms with van der Waals surface area (Å²) in [5, 5.41) is 23.4. The van der Waals surface area contributed by atoms with Gasteiger partial charge >= 0.3 is 5.97 Å². The summed E-state index contributed by atoms with van der Waals surface area (Å²) in [4.78, 5) is 31.1. The van der Waals surface area contributed by atoms with Crippen LogP contribution in [0.4, 0.5) is 0 Å². The van der Waals surface area contributed by atoms with E-state index in [1.54, 1.807) is 11.6 Å². The molecule has 46 heavy (non-hydrogen) atoms. The maximum Gasteiger partial charge on any atom is 0.339 e. The molecule has 2 unspecified atom stereocenters. The predicted molar refractivity (Wildman–Crippen MR) is 175 cm³/mol. The Morgan fingerprint density at radius 3 is 2.52 bits per heavy atom. The number of ether oxygens (including phenoxy) is 1. The maximum absolute atomic E-state index is 12.6. The molecule has 2 aromatic heterocycles. The molecule has 1 saturated heterocycles. The van der Waals surface area contributed by atoms with E-state index >= 15 is 0 Å². The second-order valence-corrected chi connectivity index (χ2v) is 12.4. The van der Waals surface area contributed by atoms with Gasteiger partial charge in [0.05, 0.1) is 30.1 Å². The van der Waals surface area contributed by atoms with Crippen molar-refractivity contribution in [2.75, 3.05) is 19.7 Å². The number of carbonyl (C=O) groups excluding carboxylic acids is 1. The Morgan fingerprint density at radius 1 is 1.02 bits per heavy atom. The number of hydrogen-bond acceptors (Lipinski definition) is 6. The summed E-state index contributed by atoms with van der Waals surface area (Å²) in [7, 11) is 0. The molecule has 1 amide bonds. The molecule has 2 atom stereocenters. The van der Waals surface area contributed by atoms with Crippen LogP contribution in [0.3, 0.4) is 0 Å². The fraction of sp³-hybridized carbons (Fsp3) is 0.405. The minimum Gasteiger partial charge on any atom is -0.486 e. The van der Waals surface area contributed by atoms with Crippen molar-refractivity contribution in [3.8, 4) is 22.8 Å². The van der Waals surface area contributed by atoms with Crippen molar-refractivity contribution in [3.63, 3.8) is 0 Å². The standard InChI is InChI=1S/C37H42N4O5/c1-4-24-20-27(13-14-28(24)25-16-18-40(19-17-25)36(43)23(3)22-42)46-33-15-12-26-8-6-9-29(35(26)33)31-10-7-11-34(39-31)41-32(5-2)30(21-38-41)37(44)45/h6-11,13-14,20-21,23,25,33,42H,4-5,12,15-19,22H2,1-3H3,(H,44,45). The largest absolute Gasteiger partial charge is 0.486 e. The lowest BCUT2D eigenvalue weighted by Crippen LogP contribution is -2.41. The first-order chi connectivity index (χ1) is 22.3. The van der Waals surface area contributed by atoms with Crippen molar-refractivity contribution in [2.24, 2.45) is 5.92 Å². The number of amides is 1. The zero-order valence-electron chi connectivity index (χ0n) is 26.8. The van der Waals surface area contributed by atoms with Gasteiger partial charge in [0.15, 0.2) is 5.82 Å². The predicted octanol–water partition coefficient (Wildman–Crippen LogP) is 6.16. The molecule has 9 heteroatoms. The van der Waals surface area contributed by atoms with Gasteiger partial charge in [0.2, 0.25) is 5.91 Å². The van der Waals surface area contributed by atoms with Crippen molar-refractivity contribution in [2.45, 2.75) is 71.3 Å². The Kier molecular flexibility index (Phi) is 9.22. The van der Waals surface area contributed by atoms with E-state index in [9.17, 15) is 19.8 Å². The van der Waals surface area contributed by atoms with E-state index in [-0.39, 0.29) is 30.1 Å². The molecule has 3 heterocycles. The summed E-state index contributed by atoms with van der Waals surface area (Å²) in [6, 6.07) is 18.5. The number of piperidine rings is 1. The fourth-order valence-electron chi connectivity index (χ4n) is 7.09. The number of likely N-dealkylation sites (tertiary alicyclic amines) is 1. The number of aliphatic hydroxyl groups excluding tert-OH is 1. The van der Waals surface area contributed by atoms with Crippen molar-refractivity contribution in [3.05, 3.63) is 94.3 Å². The van der Waals surface area contributed by atoms with E-state index < -0.39 is 5.97 Å². The molecule has 1 aliphatic carbocycles. The molecule has 0 saturated carbocycles. The zero-order chi connectivity index (χ0) is 32.4. The van der Waals surface area contributed by atoms with E-state index in [2.05, 4.69) is 48.4 Å². The Morgan fingerprint density at radius 2 is 1.80 bits per heavy atom.